The van der Waals surface area contributed by atoms with Crippen LogP contribution in [0.5, 0.6) is 0 Å². The number of piperidine rings is 1. The van der Waals surface area contributed by atoms with Crippen molar-refractivity contribution in [3.63, 3.8) is 0 Å². The van der Waals surface area contributed by atoms with Gasteiger partial charge in [-0.05, 0) is 18.4 Å². The SMILES string of the molecule is CN(C)C(=O)N1CCC(NOCc2ccccc2)CC1. The molecule has 0 atom stereocenters. The van der Waals surface area contributed by atoms with Gasteiger partial charge in [0.2, 0.25) is 0 Å². The molecular formula is C15H23N3O2. The van der Waals surface area contributed by atoms with Crippen LogP contribution in [0.1, 0.15) is 18.4 Å². The third kappa shape index (κ3) is 4.21. The van der Waals surface area contributed by atoms with Gasteiger partial charge in [-0.25, -0.2) is 4.79 Å². The van der Waals surface area contributed by atoms with Crippen LogP contribution in [-0.2, 0) is 11.4 Å². The first-order chi connectivity index (χ1) is 9.66. The second-order valence-corrected chi connectivity index (χ2v) is 5.33. The average Bonchev–Trinajstić information content (AvgIpc) is 2.48. The molecule has 20 heavy (non-hydrogen) atoms. The fourth-order valence-corrected chi connectivity index (χ4v) is 2.29. The number of nitrogens with zero attached hydrogens (tertiary/aromatic N) is 2. The summed E-state index contributed by atoms with van der Waals surface area (Å²) in [7, 11) is 3.57. The molecule has 1 fully saturated rings. The Morgan fingerprint density at radius 3 is 2.55 bits per heavy atom. The van der Waals surface area contributed by atoms with Crippen molar-refractivity contribution in [2.24, 2.45) is 0 Å². The van der Waals surface area contributed by atoms with Crippen molar-refractivity contribution in [1.29, 1.82) is 0 Å². The van der Waals surface area contributed by atoms with Crippen LogP contribution in [0.25, 0.3) is 0 Å². The largest absolute Gasteiger partial charge is 0.331 e. The van der Waals surface area contributed by atoms with Crippen LogP contribution in [0.3, 0.4) is 0 Å². The van der Waals surface area contributed by atoms with Gasteiger partial charge in [-0.3, -0.25) is 4.84 Å². The zero-order valence-electron chi connectivity index (χ0n) is 12.2. The third-order valence-electron chi connectivity index (χ3n) is 3.48. The van der Waals surface area contributed by atoms with E-state index in [0.717, 1.165) is 31.5 Å². The molecule has 1 N–H and O–H groups in total. The van der Waals surface area contributed by atoms with E-state index in [9.17, 15) is 4.79 Å². The molecule has 0 unspecified atom stereocenters. The Balaban J connectivity index is 1.66. The summed E-state index contributed by atoms with van der Waals surface area (Å²) < 4.78 is 0. The number of carbonyl (C=O) groups is 1. The van der Waals surface area contributed by atoms with Gasteiger partial charge in [-0.1, -0.05) is 30.3 Å². The number of benzene rings is 1. The number of urea groups is 1. The molecule has 0 saturated carbocycles. The van der Waals surface area contributed by atoms with Gasteiger partial charge >= 0.3 is 6.03 Å². The fraction of sp³-hybridized carbons (Fsp3) is 0.533. The third-order valence-corrected chi connectivity index (χ3v) is 3.48. The number of rotatable bonds is 4. The predicted molar refractivity (Wildman–Crippen MR) is 78.0 cm³/mol. The van der Waals surface area contributed by atoms with Crippen molar-refractivity contribution < 1.29 is 9.63 Å². The minimum absolute atomic E-state index is 0.0913. The van der Waals surface area contributed by atoms with Crippen LogP contribution in [0.4, 0.5) is 4.79 Å². The highest BCUT2D eigenvalue weighted by atomic mass is 16.6. The van der Waals surface area contributed by atoms with Crippen molar-refractivity contribution in [1.82, 2.24) is 15.3 Å². The van der Waals surface area contributed by atoms with Gasteiger partial charge in [0.25, 0.3) is 0 Å². The monoisotopic (exact) mass is 277 g/mol. The lowest BCUT2D eigenvalue weighted by Gasteiger charge is -2.33. The van der Waals surface area contributed by atoms with Crippen LogP contribution in [0, 0.1) is 0 Å². The van der Waals surface area contributed by atoms with Crippen molar-refractivity contribution in [2.75, 3.05) is 27.2 Å². The smallest absolute Gasteiger partial charge is 0.319 e. The molecule has 0 aromatic heterocycles. The lowest BCUT2D eigenvalue weighted by Crippen LogP contribution is -2.48. The second-order valence-electron chi connectivity index (χ2n) is 5.33. The van der Waals surface area contributed by atoms with E-state index in [4.69, 9.17) is 4.84 Å². The number of carbonyl (C=O) groups excluding carboxylic acids is 1. The Bertz CT molecular complexity index is 414. The molecule has 1 aromatic carbocycles. The summed E-state index contributed by atoms with van der Waals surface area (Å²) in [5, 5.41) is 0. The number of hydrogen-bond acceptors (Lipinski definition) is 3. The van der Waals surface area contributed by atoms with E-state index in [1.807, 2.05) is 35.2 Å². The van der Waals surface area contributed by atoms with Gasteiger partial charge in [0.15, 0.2) is 0 Å². The van der Waals surface area contributed by atoms with E-state index in [-0.39, 0.29) is 6.03 Å². The van der Waals surface area contributed by atoms with E-state index in [1.165, 1.54) is 0 Å². The highest BCUT2D eigenvalue weighted by Gasteiger charge is 2.23. The lowest BCUT2D eigenvalue weighted by molar-refractivity contribution is -0.00959. The Labute approximate surface area is 120 Å². The van der Waals surface area contributed by atoms with Crippen molar-refractivity contribution in [3.05, 3.63) is 35.9 Å². The molecule has 1 saturated heterocycles. The molecule has 5 nitrogen and oxygen atoms in total. The number of amides is 2. The van der Waals surface area contributed by atoms with Gasteiger partial charge in [-0.15, -0.1) is 0 Å². The molecule has 1 aromatic rings. The zero-order chi connectivity index (χ0) is 14.4. The van der Waals surface area contributed by atoms with Crippen molar-refractivity contribution in [2.45, 2.75) is 25.5 Å². The fourth-order valence-electron chi connectivity index (χ4n) is 2.29. The molecule has 110 valence electrons. The molecule has 1 aliphatic rings. The van der Waals surface area contributed by atoms with E-state index in [2.05, 4.69) is 5.48 Å². The Morgan fingerprint density at radius 2 is 1.95 bits per heavy atom. The zero-order valence-corrected chi connectivity index (χ0v) is 12.2. The molecular weight excluding hydrogens is 254 g/mol. The molecule has 0 spiro atoms. The molecule has 1 heterocycles. The van der Waals surface area contributed by atoms with E-state index in [0.29, 0.717) is 12.6 Å². The Morgan fingerprint density at radius 1 is 1.30 bits per heavy atom. The highest BCUT2D eigenvalue weighted by molar-refractivity contribution is 5.73. The van der Waals surface area contributed by atoms with Gasteiger partial charge in [-0.2, -0.15) is 5.48 Å². The van der Waals surface area contributed by atoms with E-state index >= 15 is 0 Å². The van der Waals surface area contributed by atoms with Crippen LogP contribution < -0.4 is 5.48 Å². The van der Waals surface area contributed by atoms with Gasteiger partial charge in [0, 0.05) is 33.2 Å². The van der Waals surface area contributed by atoms with Gasteiger partial charge < -0.3 is 9.80 Å². The first-order valence-corrected chi connectivity index (χ1v) is 7.04. The summed E-state index contributed by atoms with van der Waals surface area (Å²) in [4.78, 5) is 20.9. The number of hydroxylamine groups is 1. The summed E-state index contributed by atoms with van der Waals surface area (Å²) >= 11 is 0. The standard InChI is InChI=1S/C15H23N3O2/c1-17(2)15(19)18-10-8-14(9-11-18)16-20-12-13-6-4-3-5-7-13/h3-7,14,16H,8-12H2,1-2H3. The van der Waals surface area contributed by atoms with Gasteiger partial charge in [0.05, 0.1) is 6.61 Å². The summed E-state index contributed by atoms with van der Waals surface area (Å²) in [5.74, 6) is 0. The highest BCUT2D eigenvalue weighted by Crippen LogP contribution is 2.12. The van der Waals surface area contributed by atoms with Gasteiger partial charge in [0.1, 0.15) is 0 Å². The predicted octanol–water partition coefficient (Wildman–Crippen LogP) is 1.85. The van der Waals surface area contributed by atoms with Crippen molar-refractivity contribution in [3.8, 4) is 0 Å². The van der Waals surface area contributed by atoms with E-state index in [1.54, 1.807) is 19.0 Å². The maximum Gasteiger partial charge on any atom is 0.319 e. The normalized spacial score (nSPS) is 16.2. The summed E-state index contributed by atoms with van der Waals surface area (Å²) in [5.41, 5.74) is 4.26. The molecule has 2 amide bonds. The van der Waals surface area contributed by atoms with Crippen LogP contribution in [0.15, 0.2) is 30.3 Å². The average molecular weight is 277 g/mol. The minimum Gasteiger partial charge on any atom is -0.331 e. The molecule has 5 heteroatoms. The minimum atomic E-state index is 0.0913. The van der Waals surface area contributed by atoms with E-state index < -0.39 is 0 Å². The Hall–Kier alpha value is -1.59. The van der Waals surface area contributed by atoms with Crippen molar-refractivity contribution >= 4 is 6.03 Å². The quantitative estimate of drug-likeness (QED) is 0.854. The van der Waals surface area contributed by atoms with Crippen LogP contribution in [-0.4, -0.2) is 49.1 Å². The number of hydrogen-bond donors (Lipinski definition) is 1. The summed E-state index contributed by atoms with van der Waals surface area (Å²) in [6.45, 7) is 2.13. The lowest BCUT2D eigenvalue weighted by atomic mass is 10.1. The number of nitrogens with one attached hydrogen (secondary N) is 1. The first kappa shape index (κ1) is 14.8. The molecule has 1 aliphatic heterocycles. The summed E-state index contributed by atoms with van der Waals surface area (Å²) in [6, 6.07) is 10.5. The maximum atomic E-state index is 11.8. The molecule has 0 bridgehead atoms. The maximum absolute atomic E-state index is 11.8. The molecule has 0 radical (unpaired) electrons. The van der Waals surface area contributed by atoms with Crippen LogP contribution >= 0.6 is 0 Å². The molecule has 0 aliphatic carbocycles. The second kappa shape index (κ2) is 7.26. The number of likely N-dealkylation sites (tertiary alicyclic amines) is 1. The topological polar surface area (TPSA) is 44.8 Å². The molecule has 2 rings (SSSR count). The summed E-state index contributed by atoms with van der Waals surface area (Å²) in [6.07, 6.45) is 1.85. The first-order valence-electron chi connectivity index (χ1n) is 7.04. The Kier molecular flexibility index (Phi) is 5.38. The van der Waals surface area contributed by atoms with Crippen LogP contribution in [0.2, 0.25) is 0 Å².